The molecule has 2 aromatic carbocycles. The Morgan fingerprint density at radius 3 is 2.41 bits per heavy atom. The summed E-state index contributed by atoms with van der Waals surface area (Å²) in [6.07, 6.45) is 1.79. The summed E-state index contributed by atoms with van der Waals surface area (Å²) in [6, 6.07) is 22.5. The minimum absolute atomic E-state index is 0.118. The molecular weight excluding hydrogens is 462 g/mol. The van der Waals surface area contributed by atoms with Gasteiger partial charge in [0.25, 0.3) is 5.91 Å². The second-order valence-corrected chi connectivity index (χ2v) is 9.75. The zero-order valence-corrected chi connectivity index (χ0v) is 20.5. The van der Waals surface area contributed by atoms with Gasteiger partial charge in [0.15, 0.2) is 5.17 Å². The van der Waals surface area contributed by atoms with Gasteiger partial charge in [0.05, 0.1) is 17.5 Å². The molecule has 5 rings (SSSR count). The fourth-order valence-electron chi connectivity index (χ4n) is 3.96. The molecule has 170 valence electrons. The van der Waals surface area contributed by atoms with Crippen molar-refractivity contribution in [3.8, 4) is 0 Å². The van der Waals surface area contributed by atoms with Crippen LogP contribution in [0.3, 0.4) is 0 Å². The van der Waals surface area contributed by atoms with Crippen LogP contribution in [0, 0.1) is 19.3 Å². The van der Waals surface area contributed by atoms with Gasteiger partial charge in [-0.3, -0.25) is 10.2 Å². The predicted molar refractivity (Wildman–Crippen MR) is 142 cm³/mol. The number of nitrogens with zero attached hydrogens (tertiary/aromatic N) is 4. The number of hydrogen-bond acceptors (Lipinski definition) is 5. The molecule has 2 aliphatic heterocycles. The summed E-state index contributed by atoms with van der Waals surface area (Å²) in [4.78, 5) is 18.7. The van der Waals surface area contributed by atoms with Gasteiger partial charge in [0.2, 0.25) is 5.17 Å². The van der Waals surface area contributed by atoms with Gasteiger partial charge < -0.3 is 4.57 Å². The van der Waals surface area contributed by atoms with E-state index in [9.17, 15) is 4.79 Å². The average Bonchev–Trinajstić information content (AvgIpc) is 3.37. The van der Waals surface area contributed by atoms with Gasteiger partial charge in [-0.25, -0.2) is 4.90 Å². The lowest BCUT2D eigenvalue weighted by Gasteiger charge is -2.24. The lowest BCUT2D eigenvalue weighted by molar-refractivity contribution is -0.114. The normalized spacial score (nSPS) is 16.6. The fourth-order valence-corrected chi connectivity index (χ4v) is 5.76. The minimum atomic E-state index is -0.402. The number of aliphatic imine (C=N–C) groups is 1. The highest BCUT2D eigenvalue weighted by Crippen LogP contribution is 2.33. The first-order valence-electron chi connectivity index (χ1n) is 10.9. The van der Waals surface area contributed by atoms with Gasteiger partial charge in [-0.2, -0.15) is 9.39 Å². The Hall–Kier alpha value is -3.36. The Bertz CT molecular complexity index is 1360. The third-order valence-electron chi connectivity index (χ3n) is 5.80. The zero-order valence-electron chi connectivity index (χ0n) is 18.9. The lowest BCUT2D eigenvalue weighted by atomic mass is 10.1. The van der Waals surface area contributed by atoms with Crippen LogP contribution in [-0.4, -0.2) is 31.5 Å². The van der Waals surface area contributed by atoms with E-state index in [4.69, 9.17) is 5.41 Å². The number of nitrogens with one attached hydrogen (secondary N) is 1. The van der Waals surface area contributed by atoms with Crippen molar-refractivity contribution >= 4 is 51.9 Å². The summed E-state index contributed by atoms with van der Waals surface area (Å²) >= 11 is 2.68. The lowest BCUT2D eigenvalue weighted by Crippen LogP contribution is -2.41. The molecule has 0 fully saturated rings. The van der Waals surface area contributed by atoms with Crippen molar-refractivity contribution in [1.82, 2.24) is 9.47 Å². The number of amides is 1. The van der Waals surface area contributed by atoms with Crippen molar-refractivity contribution in [3.05, 3.63) is 100 Å². The molecule has 1 amide bonds. The van der Waals surface area contributed by atoms with Gasteiger partial charge in [0, 0.05) is 23.7 Å². The zero-order chi connectivity index (χ0) is 23.7. The highest BCUT2D eigenvalue weighted by molar-refractivity contribution is 8.18. The number of amidine groups is 3. The van der Waals surface area contributed by atoms with E-state index in [1.54, 1.807) is 11.0 Å². The number of fused-ring (bicyclic) bond motifs is 1. The van der Waals surface area contributed by atoms with E-state index in [1.165, 1.54) is 22.9 Å². The van der Waals surface area contributed by atoms with E-state index in [2.05, 4.69) is 51.2 Å². The van der Waals surface area contributed by atoms with E-state index in [0.717, 1.165) is 41.2 Å². The highest BCUT2D eigenvalue weighted by Gasteiger charge is 2.37. The first-order valence-corrected chi connectivity index (χ1v) is 12.6. The van der Waals surface area contributed by atoms with Crippen LogP contribution in [0.4, 0.5) is 0 Å². The van der Waals surface area contributed by atoms with Crippen molar-refractivity contribution in [3.63, 3.8) is 0 Å². The van der Waals surface area contributed by atoms with Crippen LogP contribution in [0.25, 0.3) is 6.08 Å². The molecular formula is C26H23N5OS2. The topological polar surface area (TPSA) is 73.8 Å². The van der Waals surface area contributed by atoms with Crippen molar-refractivity contribution in [1.29, 1.82) is 5.41 Å². The summed E-state index contributed by atoms with van der Waals surface area (Å²) in [7, 11) is 0. The number of thioether (sulfide) groups is 1. The molecule has 0 aliphatic carbocycles. The average molecular weight is 486 g/mol. The van der Waals surface area contributed by atoms with Gasteiger partial charge in [0.1, 0.15) is 5.84 Å². The highest BCUT2D eigenvalue weighted by atomic mass is 32.2. The molecule has 3 heterocycles. The Morgan fingerprint density at radius 2 is 1.71 bits per heavy atom. The quantitative estimate of drug-likeness (QED) is 0.374. The van der Waals surface area contributed by atoms with Crippen LogP contribution in [0.15, 0.2) is 81.7 Å². The fraction of sp³-hybridized carbons (Fsp3) is 0.154. The maximum Gasteiger partial charge on any atom is 0.283 e. The largest absolute Gasteiger partial charge is 0.344 e. The molecule has 0 bridgehead atoms. The van der Waals surface area contributed by atoms with E-state index >= 15 is 0 Å². The second kappa shape index (κ2) is 9.48. The molecule has 0 unspecified atom stereocenters. The van der Waals surface area contributed by atoms with Crippen LogP contribution in [-0.2, 0) is 17.1 Å². The molecule has 2 aliphatic rings. The van der Waals surface area contributed by atoms with Gasteiger partial charge >= 0.3 is 0 Å². The van der Waals surface area contributed by atoms with Gasteiger partial charge in [-0.15, -0.1) is 0 Å². The van der Waals surface area contributed by atoms with Crippen LogP contribution in [0.2, 0.25) is 0 Å². The molecule has 3 aromatic rings. The van der Waals surface area contributed by atoms with Crippen LogP contribution in [0.5, 0.6) is 0 Å². The van der Waals surface area contributed by atoms with Crippen molar-refractivity contribution < 1.29 is 4.79 Å². The van der Waals surface area contributed by atoms with E-state index in [-0.39, 0.29) is 11.4 Å². The molecule has 34 heavy (non-hydrogen) atoms. The standard InChI is InChI=1S/C26H23N5OS2/c1-17-13-21(18(2)30(17)15-19-9-5-3-6-10-19)14-22-23(27)31-25(28-24(22)32)34-29-26(31)33-16-20-11-7-4-8-12-20/h3-14,27H,15-16H2,1-2H3/b22-14+,27-23?. The Kier molecular flexibility index (Phi) is 6.26. The molecule has 0 radical (unpaired) electrons. The van der Waals surface area contributed by atoms with Gasteiger partial charge in [-0.05, 0) is 42.7 Å². The monoisotopic (exact) mass is 485 g/mol. The first kappa shape index (κ1) is 22.4. The summed E-state index contributed by atoms with van der Waals surface area (Å²) in [5.41, 5.74) is 5.73. The summed E-state index contributed by atoms with van der Waals surface area (Å²) in [6.45, 7) is 4.86. The number of rotatable bonds is 5. The van der Waals surface area contributed by atoms with Crippen molar-refractivity contribution in [2.45, 2.75) is 26.1 Å². The molecule has 0 atom stereocenters. The van der Waals surface area contributed by atoms with Crippen LogP contribution >= 0.6 is 23.7 Å². The summed E-state index contributed by atoms with van der Waals surface area (Å²) in [5, 5.41) is 9.93. The number of hydrogen-bond donors (Lipinski definition) is 1. The Balaban J connectivity index is 1.40. The number of benzene rings is 2. The smallest absolute Gasteiger partial charge is 0.283 e. The van der Waals surface area contributed by atoms with E-state index < -0.39 is 5.91 Å². The summed E-state index contributed by atoms with van der Waals surface area (Å²) < 4.78 is 6.70. The van der Waals surface area contributed by atoms with Crippen molar-refractivity contribution in [2.24, 2.45) is 9.39 Å². The SMILES string of the molecule is Cc1cc(/C=C2\C(=N)N3C(SCc4ccccc4)=NSC3=NC2=O)c(C)n1Cc1ccccc1. The second-order valence-electron chi connectivity index (χ2n) is 8.08. The molecule has 1 N–H and O–H groups in total. The van der Waals surface area contributed by atoms with Crippen LogP contribution < -0.4 is 0 Å². The summed E-state index contributed by atoms with van der Waals surface area (Å²) in [5.74, 6) is 0.443. The predicted octanol–water partition coefficient (Wildman–Crippen LogP) is 5.66. The first-order chi connectivity index (χ1) is 16.5. The maximum atomic E-state index is 12.8. The van der Waals surface area contributed by atoms with E-state index in [0.29, 0.717) is 10.3 Å². The maximum absolute atomic E-state index is 12.8. The molecule has 0 saturated carbocycles. The number of aryl methyl sites for hydroxylation is 1. The van der Waals surface area contributed by atoms with E-state index in [1.807, 2.05) is 43.3 Å². The Morgan fingerprint density at radius 1 is 1.03 bits per heavy atom. The van der Waals surface area contributed by atoms with Gasteiger partial charge in [-0.1, -0.05) is 72.4 Å². The van der Waals surface area contributed by atoms with Crippen LogP contribution in [0.1, 0.15) is 28.1 Å². The third kappa shape index (κ3) is 4.38. The minimum Gasteiger partial charge on any atom is -0.344 e. The Labute approximate surface area is 207 Å². The van der Waals surface area contributed by atoms with Crippen molar-refractivity contribution in [2.75, 3.05) is 0 Å². The molecule has 0 saturated heterocycles. The number of aromatic nitrogens is 1. The molecule has 8 heteroatoms. The number of carbonyl (C=O) groups excluding carboxylic acids is 1. The molecule has 6 nitrogen and oxygen atoms in total. The molecule has 1 aromatic heterocycles. The molecule has 0 spiro atoms. The third-order valence-corrected chi connectivity index (χ3v) is 7.63. The number of carbonyl (C=O) groups is 1.